The van der Waals surface area contributed by atoms with Gasteiger partial charge in [0.2, 0.25) is 0 Å². The molecule has 140 valence electrons. The Hall–Kier alpha value is -1.05. The zero-order valence-corrected chi connectivity index (χ0v) is 15.4. The molecule has 2 saturated heterocycles. The molecule has 1 aromatic heterocycles. The molecule has 7 heteroatoms. The molecule has 4 nitrogen and oxygen atoms in total. The number of hydrogen-bond donors (Lipinski definition) is 1. The number of carbonyl (C=O) groups is 1. The predicted molar refractivity (Wildman–Crippen MR) is 94.1 cm³/mol. The summed E-state index contributed by atoms with van der Waals surface area (Å²) in [5, 5.41) is 11.8. The van der Waals surface area contributed by atoms with Crippen molar-refractivity contribution in [1.29, 1.82) is 0 Å². The van der Waals surface area contributed by atoms with Crippen molar-refractivity contribution in [3.8, 4) is 0 Å². The lowest BCUT2D eigenvalue weighted by molar-refractivity contribution is -0.0591. The van der Waals surface area contributed by atoms with Crippen molar-refractivity contribution in [1.82, 2.24) is 9.80 Å². The first kappa shape index (κ1) is 18.7. The summed E-state index contributed by atoms with van der Waals surface area (Å²) >= 11 is 1.41. The van der Waals surface area contributed by atoms with E-state index in [2.05, 4.69) is 11.8 Å². The average Bonchev–Trinajstić information content (AvgIpc) is 3.23. The van der Waals surface area contributed by atoms with Gasteiger partial charge < -0.3 is 14.9 Å². The van der Waals surface area contributed by atoms with E-state index < -0.39 is 5.92 Å². The SMILES string of the molecule is CC[C@@H]1CN(C(=O)c2cccs2)[C@H](CO)[C@@H]1CN1CCC(F)(F)CC1. The van der Waals surface area contributed by atoms with Gasteiger partial charge in [0.25, 0.3) is 11.8 Å². The van der Waals surface area contributed by atoms with Gasteiger partial charge in [-0.3, -0.25) is 4.79 Å². The van der Waals surface area contributed by atoms with Gasteiger partial charge in [-0.25, -0.2) is 8.78 Å². The molecule has 1 amide bonds. The molecule has 2 fully saturated rings. The van der Waals surface area contributed by atoms with Crippen LogP contribution in [0, 0.1) is 11.8 Å². The molecule has 0 bridgehead atoms. The first-order valence-electron chi connectivity index (χ1n) is 9.00. The lowest BCUT2D eigenvalue weighted by atomic mass is 9.87. The van der Waals surface area contributed by atoms with Gasteiger partial charge in [-0.05, 0) is 23.3 Å². The van der Waals surface area contributed by atoms with Crippen molar-refractivity contribution >= 4 is 17.2 Å². The molecule has 2 aliphatic rings. The van der Waals surface area contributed by atoms with Crippen LogP contribution < -0.4 is 0 Å². The molecule has 3 rings (SSSR count). The second kappa shape index (κ2) is 7.68. The minimum absolute atomic E-state index is 0.0276. The smallest absolute Gasteiger partial charge is 0.264 e. The average molecular weight is 372 g/mol. The van der Waals surface area contributed by atoms with Crippen molar-refractivity contribution in [3.05, 3.63) is 22.4 Å². The van der Waals surface area contributed by atoms with Crippen LogP contribution in [0.15, 0.2) is 17.5 Å². The Morgan fingerprint density at radius 1 is 1.40 bits per heavy atom. The number of carbonyl (C=O) groups excluding carboxylic acids is 1. The van der Waals surface area contributed by atoms with E-state index in [-0.39, 0.29) is 37.3 Å². The van der Waals surface area contributed by atoms with Crippen molar-refractivity contribution in [2.24, 2.45) is 11.8 Å². The van der Waals surface area contributed by atoms with Crippen LogP contribution in [-0.4, -0.2) is 65.6 Å². The fraction of sp³-hybridized carbons (Fsp3) is 0.722. The maximum atomic E-state index is 13.4. The van der Waals surface area contributed by atoms with Crippen LogP contribution in [0.4, 0.5) is 8.78 Å². The molecule has 0 radical (unpaired) electrons. The maximum Gasteiger partial charge on any atom is 0.264 e. The van der Waals surface area contributed by atoms with Crippen LogP contribution in [0.5, 0.6) is 0 Å². The molecule has 3 atom stereocenters. The van der Waals surface area contributed by atoms with Gasteiger partial charge in [-0.2, -0.15) is 0 Å². The topological polar surface area (TPSA) is 43.8 Å². The number of rotatable bonds is 5. The Labute approximate surface area is 151 Å². The molecular weight excluding hydrogens is 346 g/mol. The van der Waals surface area contributed by atoms with Crippen LogP contribution in [0.1, 0.15) is 35.9 Å². The van der Waals surface area contributed by atoms with E-state index >= 15 is 0 Å². The lowest BCUT2D eigenvalue weighted by Crippen LogP contribution is -2.46. The molecule has 0 saturated carbocycles. The Morgan fingerprint density at radius 2 is 2.12 bits per heavy atom. The first-order chi connectivity index (χ1) is 11.9. The quantitative estimate of drug-likeness (QED) is 0.864. The lowest BCUT2D eigenvalue weighted by Gasteiger charge is -2.36. The van der Waals surface area contributed by atoms with Gasteiger partial charge >= 0.3 is 0 Å². The highest BCUT2D eigenvalue weighted by Crippen LogP contribution is 2.36. The normalized spacial score (nSPS) is 29.9. The third-order valence-corrected chi connectivity index (χ3v) is 6.55. The van der Waals surface area contributed by atoms with Crippen molar-refractivity contribution in [2.45, 2.75) is 38.2 Å². The van der Waals surface area contributed by atoms with Gasteiger partial charge in [0.05, 0.1) is 17.5 Å². The fourth-order valence-electron chi connectivity index (χ4n) is 4.14. The van der Waals surface area contributed by atoms with E-state index in [9.17, 15) is 18.7 Å². The van der Waals surface area contributed by atoms with Crippen molar-refractivity contribution < 1.29 is 18.7 Å². The van der Waals surface area contributed by atoms with E-state index in [4.69, 9.17) is 0 Å². The summed E-state index contributed by atoms with van der Waals surface area (Å²) in [5.74, 6) is -2.15. The molecular formula is C18H26F2N2O2S. The highest BCUT2D eigenvalue weighted by molar-refractivity contribution is 7.12. The second-order valence-electron chi connectivity index (χ2n) is 7.17. The standard InChI is InChI=1S/C18H26F2N2O2S/c1-2-13-10-22(17(24)16-4-3-9-25-16)15(12-23)14(13)11-21-7-5-18(19,20)6-8-21/h3-4,9,13-15,23H,2,5-8,10-12H2,1H3/t13-,14-,15-/m1/s1. The number of amides is 1. The fourth-order valence-corrected chi connectivity index (χ4v) is 4.82. The molecule has 0 unspecified atom stereocenters. The highest BCUT2D eigenvalue weighted by Gasteiger charge is 2.44. The molecule has 0 spiro atoms. The van der Waals surface area contributed by atoms with E-state index in [0.29, 0.717) is 37.0 Å². The van der Waals surface area contributed by atoms with Gasteiger partial charge in [0, 0.05) is 39.0 Å². The molecule has 1 N–H and O–H groups in total. The first-order valence-corrected chi connectivity index (χ1v) is 9.88. The number of hydrogen-bond acceptors (Lipinski definition) is 4. The number of thiophene rings is 1. The number of nitrogens with zero attached hydrogens (tertiary/aromatic N) is 2. The minimum atomic E-state index is -2.55. The summed E-state index contributed by atoms with van der Waals surface area (Å²) in [6.45, 7) is 4.09. The number of aliphatic hydroxyl groups excluding tert-OH is 1. The van der Waals surface area contributed by atoms with Gasteiger partial charge in [-0.1, -0.05) is 19.4 Å². The second-order valence-corrected chi connectivity index (χ2v) is 8.12. The summed E-state index contributed by atoms with van der Waals surface area (Å²) in [6, 6.07) is 3.43. The summed E-state index contributed by atoms with van der Waals surface area (Å²) in [5.41, 5.74) is 0. The number of piperidine rings is 1. The van der Waals surface area contributed by atoms with Crippen LogP contribution in [0.2, 0.25) is 0 Å². The monoisotopic (exact) mass is 372 g/mol. The van der Waals surface area contributed by atoms with Crippen molar-refractivity contribution in [3.63, 3.8) is 0 Å². The molecule has 0 aliphatic carbocycles. The minimum Gasteiger partial charge on any atom is -0.394 e. The summed E-state index contributed by atoms with van der Waals surface area (Å²) in [7, 11) is 0. The Kier molecular flexibility index (Phi) is 5.75. The number of aliphatic hydroxyl groups is 1. The van der Waals surface area contributed by atoms with Gasteiger partial charge in [0.15, 0.2) is 0 Å². The summed E-state index contributed by atoms with van der Waals surface area (Å²) in [4.78, 5) is 17.3. The number of likely N-dealkylation sites (tertiary alicyclic amines) is 2. The van der Waals surface area contributed by atoms with Crippen LogP contribution >= 0.6 is 11.3 Å². The van der Waals surface area contributed by atoms with Crippen LogP contribution in [-0.2, 0) is 0 Å². The molecule has 25 heavy (non-hydrogen) atoms. The van der Waals surface area contributed by atoms with Gasteiger partial charge in [-0.15, -0.1) is 11.3 Å². The third-order valence-electron chi connectivity index (χ3n) is 5.69. The number of alkyl halides is 2. The highest BCUT2D eigenvalue weighted by atomic mass is 32.1. The van der Waals surface area contributed by atoms with E-state index in [1.54, 1.807) is 4.90 Å². The zero-order chi connectivity index (χ0) is 18.0. The van der Waals surface area contributed by atoms with E-state index in [1.165, 1.54) is 11.3 Å². The molecule has 1 aromatic rings. The van der Waals surface area contributed by atoms with Crippen LogP contribution in [0.3, 0.4) is 0 Å². The Balaban J connectivity index is 1.70. The molecule has 2 aliphatic heterocycles. The predicted octanol–water partition coefficient (Wildman–Crippen LogP) is 2.94. The van der Waals surface area contributed by atoms with Gasteiger partial charge in [0.1, 0.15) is 0 Å². The molecule has 0 aromatic carbocycles. The zero-order valence-electron chi connectivity index (χ0n) is 14.5. The summed E-state index contributed by atoms with van der Waals surface area (Å²) in [6.07, 6.45) is 0.718. The largest absolute Gasteiger partial charge is 0.394 e. The Morgan fingerprint density at radius 3 is 2.68 bits per heavy atom. The Bertz CT molecular complexity index is 572. The van der Waals surface area contributed by atoms with Crippen LogP contribution in [0.25, 0.3) is 0 Å². The van der Waals surface area contributed by atoms with Crippen molar-refractivity contribution in [2.75, 3.05) is 32.8 Å². The van der Waals surface area contributed by atoms with E-state index in [1.807, 2.05) is 17.5 Å². The third kappa shape index (κ3) is 4.04. The van der Waals surface area contributed by atoms with E-state index in [0.717, 1.165) is 6.42 Å². The number of halogens is 2. The molecule has 3 heterocycles. The maximum absolute atomic E-state index is 13.4. The summed E-state index contributed by atoms with van der Waals surface area (Å²) < 4.78 is 26.8.